The van der Waals surface area contributed by atoms with E-state index in [9.17, 15) is 0 Å². The third kappa shape index (κ3) is 4.87. The molecule has 3 nitrogen and oxygen atoms in total. The van der Waals surface area contributed by atoms with E-state index in [4.69, 9.17) is 8.83 Å². The van der Waals surface area contributed by atoms with E-state index in [1.165, 1.54) is 65.3 Å². The second-order valence-corrected chi connectivity index (χ2v) is 18.0. The summed E-state index contributed by atoms with van der Waals surface area (Å²) in [5, 5.41) is 14.3. The summed E-state index contributed by atoms with van der Waals surface area (Å²) in [4.78, 5) is 2.35. The first-order valence-corrected chi connectivity index (χ1v) is 22.2. The molecule has 0 atom stereocenters. The largest absolute Gasteiger partial charge is 0.455 e. The van der Waals surface area contributed by atoms with Crippen molar-refractivity contribution in [3.8, 4) is 22.3 Å². The molecule has 0 bridgehead atoms. The van der Waals surface area contributed by atoms with Crippen LogP contribution in [0.3, 0.4) is 0 Å². The van der Waals surface area contributed by atoms with Crippen molar-refractivity contribution in [1.82, 2.24) is 0 Å². The number of benzene rings is 11. The van der Waals surface area contributed by atoms with Crippen molar-refractivity contribution in [3.63, 3.8) is 0 Å². The molecule has 1 aliphatic rings. The van der Waals surface area contributed by atoms with Gasteiger partial charge in [-0.3, -0.25) is 0 Å². The maximum absolute atomic E-state index is 7.21. The highest BCUT2D eigenvalue weighted by molar-refractivity contribution is 6.27. The molecule has 0 fully saturated rings. The van der Waals surface area contributed by atoms with Crippen LogP contribution in [0.15, 0.2) is 209 Å². The predicted octanol–water partition coefficient (Wildman–Crippen LogP) is 17.5. The van der Waals surface area contributed by atoms with Gasteiger partial charge in [0.15, 0.2) is 5.58 Å². The molecule has 2 heterocycles. The Morgan fingerprint density at radius 3 is 1.75 bits per heavy atom. The first-order chi connectivity index (χ1) is 31.5. The fourth-order valence-electron chi connectivity index (χ4n) is 11.2. The molecule has 3 heteroatoms. The molecule has 0 spiro atoms. The summed E-state index contributed by atoms with van der Waals surface area (Å²) in [6.45, 7) is 4.68. The Kier molecular flexibility index (Phi) is 7.17. The van der Waals surface area contributed by atoms with E-state index in [2.05, 4.69) is 213 Å². The zero-order chi connectivity index (χ0) is 42.3. The van der Waals surface area contributed by atoms with Gasteiger partial charge in [0.2, 0.25) is 0 Å². The summed E-state index contributed by atoms with van der Waals surface area (Å²) in [5.74, 6) is 0. The molecule has 300 valence electrons. The van der Waals surface area contributed by atoms with Crippen LogP contribution in [0, 0.1) is 0 Å². The van der Waals surface area contributed by atoms with Crippen LogP contribution >= 0.6 is 0 Å². The molecule has 14 rings (SSSR count). The Hall–Kier alpha value is -8.14. The highest BCUT2D eigenvalue weighted by Gasteiger charge is 2.36. The Bertz CT molecular complexity index is 4090. The van der Waals surface area contributed by atoms with Crippen LogP contribution in [0.4, 0.5) is 17.1 Å². The maximum atomic E-state index is 7.21. The second-order valence-electron chi connectivity index (χ2n) is 18.0. The van der Waals surface area contributed by atoms with E-state index < -0.39 is 0 Å². The minimum atomic E-state index is -0.164. The summed E-state index contributed by atoms with van der Waals surface area (Å²) < 4.78 is 14.0. The van der Waals surface area contributed by atoms with Crippen LogP contribution in [0.5, 0.6) is 0 Å². The highest BCUT2D eigenvalue weighted by Crippen LogP contribution is 2.52. The van der Waals surface area contributed by atoms with E-state index in [-0.39, 0.29) is 5.41 Å². The van der Waals surface area contributed by atoms with Crippen LogP contribution in [0.2, 0.25) is 0 Å². The van der Waals surface area contributed by atoms with Gasteiger partial charge in [-0.15, -0.1) is 0 Å². The van der Waals surface area contributed by atoms with Gasteiger partial charge < -0.3 is 13.7 Å². The van der Waals surface area contributed by atoms with Gasteiger partial charge in [0.25, 0.3) is 0 Å². The molecule has 0 amide bonds. The molecule has 0 aliphatic heterocycles. The number of fused-ring (bicyclic) bond motifs is 16. The lowest BCUT2D eigenvalue weighted by Crippen LogP contribution is -2.16. The Labute approximate surface area is 369 Å². The standard InChI is InChI=1S/C61H39NO2/c1-61(2)53-23-11-9-20-46(53)47-30-27-38(34-54(47)61)62(55-24-13-22-50-48-21-10-12-25-56(48)63-59(50)55)39-28-31-49-52-32-36-14-3-4-15-40(36)58(60(52)64-57(49)35-39)37-26-29-45-43-18-6-5-16-41(43)42-17-7-8-19-44(42)51(45)33-37/h3-35H,1-2H3. The number of hydrogen-bond donors (Lipinski definition) is 0. The van der Waals surface area contributed by atoms with E-state index in [0.717, 1.165) is 72.1 Å². The average Bonchev–Trinajstić information content (AvgIpc) is 3.98. The fourth-order valence-corrected chi connectivity index (χ4v) is 11.2. The molecular weight excluding hydrogens is 779 g/mol. The molecule has 64 heavy (non-hydrogen) atoms. The monoisotopic (exact) mass is 817 g/mol. The number of nitrogens with zero attached hydrogens (tertiary/aromatic N) is 1. The third-order valence-corrected chi connectivity index (χ3v) is 14.2. The van der Waals surface area contributed by atoms with Crippen molar-refractivity contribution in [2.45, 2.75) is 19.3 Å². The van der Waals surface area contributed by atoms with E-state index >= 15 is 0 Å². The van der Waals surface area contributed by atoms with Gasteiger partial charge in [-0.05, 0) is 119 Å². The Morgan fingerprint density at radius 2 is 0.938 bits per heavy atom. The number of rotatable bonds is 4. The molecule has 0 unspecified atom stereocenters. The molecule has 2 aromatic heterocycles. The number of furan rings is 2. The highest BCUT2D eigenvalue weighted by atomic mass is 16.3. The van der Waals surface area contributed by atoms with Crippen LogP contribution in [-0.2, 0) is 5.41 Å². The van der Waals surface area contributed by atoms with Crippen LogP contribution in [-0.4, -0.2) is 0 Å². The van der Waals surface area contributed by atoms with Gasteiger partial charge in [-0.2, -0.15) is 0 Å². The summed E-state index contributed by atoms with van der Waals surface area (Å²) in [7, 11) is 0. The molecule has 13 aromatic rings. The second kappa shape index (κ2) is 12.9. The van der Waals surface area contributed by atoms with Crippen molar-refractivity contribution in [2.24, 2.45) is 0 Å². The molecule has 0 saturated heterocycles. The topological polar surface area (TPSA) is 29.5 Å². The Balaban J connectivity index is 1.01. The van der Waals surface area contributed by atoms with Crippen LogP contribution in [0.25, 0.3) is 109 Å². The number of hydrogen-bond acceptors (Lipinski definition) is 3. The first kappa shape index (κ1) is 35.5. The summed E-state index contributed by atoms with van der Waals surface area (Å²) in [5.41, 5.74) is 13.8. The zero-order valence-corrected chi connectivity index (χ0v) is 35.3. The first-order valence-electron chi connectivity index (χ1n) is 22.2. The van der Waals surface area contributed by atoms with Gasteiger partial charge in [-0.1, -0.05) is 159 Å². The Morgan fingerprint density at radius 1 is 0.359 bits per heavy atom. The number of anilines is 3. The molecular formula is C61H39NO2. The quantitative estimate of drug-likeness (QED) is 0.166. The normalized spacial score (nSPS) is 13.3. The summed E-state index contributed by atoms with van der Waals surface area (Å²) in [6, 6.07) is 72.9. The molecule has 11 aromatic carbocycles. The fraction of sp³-hybridized carbons (Fsp3) is 0.0492. The summed E-state index contributed by atoms with van der Waals surface area (Å²) >= 11 is 0. The third-order valence-electron chi connectivity index (χ3n) is 14.2. The number of para-hydroxylation sites is 2. The van der Waals surface area contributed by atoms with Gasteiger partial charge in [0.05, 0.1) is 11.4 Å². The van der Waals surface area contributed by atoms with Crippen LogP contribution < -0.4 is 4.90 Å². The predicted molar refractivity (Wildman–Crippen MR) is 269 cm³/mol. The van der Waals surface area contributed by atoms with Crippen molar-refractivity contribution < 1.29 is 8.83 Å². The molecule has 0 N–H and O–H groups in total. The lowest BCUT2D eigenvalue weighted by atomic mass is 9.82. The summed E-state index contributed by atoms with van der Waals surface area (Å²) in [6.07, 6.45) is 0. The zero-order valence-electron chi connectivity index (χ0n) is 35.3. The maximum Gasteiger partial charge on any atom is 0.159 e. The van der Waals surface area contributed by atoms with Gasteiger partial charge in [-0.25, -0.2) is 0 Å². The van der Waals surface area contributed by atoms with E-state index in [0.29, 0.717) is 0 Å². The SMILES string of the molecule is CC1(C)c2ccccc2-c2ccc(N(c3ccc4c(c3)oc3c(-c5ccc6c7ccccc7c7ccccc7c6c5)c5ccccc5cc34)c3cccc4c3oc3ccccc34)cc21. The lowest BCUT2D eigenvalue weighted by Gasteiger charge is -2.28. The minimum absolute atomic E-state index is 0.164. The molecule has 0 radical (unpaired) electrons. The lowest BCUT2D eigenvalue weighted by molar-refractivity contribution is 0.660. The van der Waals surface area contributed by atoms with Crippen LogP contribution in [0.1, 0.15) is 25.0 Å². The van der Waals surface area contributed by atoms with Crippen molar-refractivity contribution >= 4 is 104 Å². The van der Waals surface area contributed by atoms with E-state index in [1.807, 2.05) is 6.07 Å². The van der Waals surface area contributed by atoms with E-state index in [1.54, 1.807) is 0 Å². The molecule has 0 saturated carbocycles. The van der Waals surface area contributed by atoms with Crippen molar-refractivity contribution in [3.05, 3.63) is 211 Å². The van der Waals surface area contributed by atoms with Gasteiger partial charge in [0, 0.05) is 44.3 Å². The molecule has 1 aliphatic carbocycles. The van der Waals surface area contributed by atoms with Gasteiger partial charge in [0.1, 0.15) is 16.7 Å². The average molecular weight is 818 g/mol. The van der Waals surface area contributed by atoms with Gasteiger partial charge >= 0.3 is 0 Å². The van der Waals surface area contributed by atoms with Crippen molar-refractivity contribution in [1.29, 1.82) is 0 Å². The smallest absolute Gasteiger partial charge is 0.159 e. The minimum Gasteiger partial charge on any atom is -0.455 e. The van der Waals surface area contributed by atoms with Crippen molar-refractivity contribution in [2.75, 3.05) is 4.90 Å².